The Hall–Kier alpha value is -1.38. The third-order valence-electron chi connectivity index (χ3n) is 3.99. The minimum absolute atomic E-state index is 0.00574. The Morgan fingerprint density at radius 3 is 2.27 bits per heavy atom. The van der Waals surface area contributed by atoms with Crippen LogP contribution in [0.3, 0.4) is 0 Å². The van der Waals surface area contributed by atoms with Gasteiger partial charge < -0.3 is 35.4 Å². The molecule has 0 radical (unpaired) electrons. The second kappa shape index (κ2) is 7.26. The summed E-state index contributed by atoms with van der Waals surface area (Å²) in [7, 11) is 0. The van der Waals surface area contributed by atoms with Crippen LogP contribution < -0.4 is 0 Å². The van der Waals surface area contributed by atoms with Gasteiger partial charge in [-0.15, -0.1) is 0 Å². The van der Waals surface area contributed by atoms with Crippen LogP contribution in [0, 0.1) is 0 Å². The van der Waals surface area contributed by atoms with Crippen LogP contribution in [-0.2, 0) is 11.2 Å². The molecule has 7 nitrogen and oxygen atoms in total. The lowest BCUT2D eigenvalue weighted by atomic mass is 9.92. The molecule has 1 aromatic carbocycles. The van der Waals surface area contributed by atoms with E-state index in [4.69, 9.17) is 9.84 Å². The van der Waals surface area contributed by atoms with E-state index in [1.807, 2.05) is 0 Å². The zero-order chi connectivity index (χ0) is 16.3. The highest BCUT2D eigenvalue weighted by Gasteiger charge is 2.42. The van der Waals surface area contributed by atoms with E-state index in [0.717, 1.165) is 0 Å². The highest BCUT2D eigenvalue weighted by atomic mass is 16.5. The van der Waals surface area contributed by atoms with Crippen LogP contribution in [0.25, 0.3) is 0 Å². The normalized spacial score (nSPS) is 32.1. The van der Waals surface area contributed by atoms with Gasteiger partial charge in [-0.05, 0) is 30.9 Å². The second-order valence-electron chi connectivity index (χ2n) is 5.57. The molecule has 0 amide bonds. The standard InChI is InChI=1S/C15H22O7/c16-7-12-14(20)15(21)13(19)11(22-12)3-1-2-8-4-5-9(17)6-10(8)18/h4-6,11-21H,1-3,7H2/t11-,12+,13-,14+,15+/m0/s1. The van der Waals surface area contributed by atoms with Gasteiger partial charge in [0.2, 0.25) is 0 Å². The lowest BCUT2D eigenvalue weighted by Gasteiger charge is -2.40. The molecule has 0 bridgehead atoms. The molecule has 1 aromatic rings. The zero-order valence-corrected chi connectivity index (χ0v) is 12.0. The SMILES string of the molecule is OC[C@H]1O[C@@H](CCCc2ccc(O)cc2O)[C@H](O)[C@@H](O)[C@@H]1O. The summed E-state index contributed by atoms with van der Waals surface area (Å²) < 4.78 is 5.41. The molecule has 0 aliphatic carbocycles. The summed E-state index contributed by atoms with van der Waals surface area (Å²) in [5, 5.41) is 57.3. The number of ether oxygens (including phenoxy) is 1. The van der Waals surface area contributed by atoms with Crippen molar-refractivity contribution in [3.05, 3.63) is 23.8 Å². The van der Waals surface area contributed by atoms with Gasteiger partial charge in [0.1, 0.15) is 35.9 Å². The topological polar surface area (TPSA) is 131 Å². The van der Waals surface area contributed by atoms with Crippen molar-refractivity contribution in [3.8, 4) is 11.5 Å². The van der Waals surface area contributed by atoms with E-state index in [1.54, 1.807) is 6.07 Å². The van der Waals surface area contributed by atoms with E-state index >= 15 is 0 Å². The molecular weight excluding hydrogens is 292 g/mol. The number of hydrogen-bond donors (Lipinski definition) is 6. The predicted octanol–water partition coefficient (Wildman–Crippen LogP) is -0.737. The van der Waals surface area contributed by atoms with E-state index < -0.39 is 37.1 Å². The lowest BCUT2D eigenvalue weighted by Crippen LogP contribution is -2.58. The molecule has 1 aliphatic rings. The van der Waals surface area contributed by atoms with Crippen molar-refractivity contribution in [1.82, 2.24) is 0 Å². The minimum Gasteiger partial charge on any atom is -0.508 e. The monoisotopic (exact) mass is 314 g/mol. The lowest BCUT2D eigenvalue weighted by molar-refractivity contribution is -0.230. The molecule has 0 saturated carbocycles. The van der Waals surface area contributed by atoms with Crippen molar-refractivity contribution in [2.45, 2.75) is 49.8 Å². The molecule has 6 N–H and O–H groups in total. The molecule has 5 atom stereocenters. The fraction of sp³-hybridized carbons (Fsp3) is 0.600. The Morgan fingerprint density at radius 1 is 0.955 bits per heavy atom. The largest absolute Gasteiger partial charge is 0.508 e. The molecule has 0 unspecified atom stereocenters. The molecule has 1 saturated heterocycles. The molecule has 7 heteroatoms. The number of phenolic OH excluding ortho intramolecular Hbond substituents is 2. The van der Waals surface area contributed by atoms with Crippen molar-refractivity contribution in [2.24, 2.45) is 0 Å². The maximum absolute atomic E-state index is 9.91. The van der Waals surface area contributed by atoms with Crippen LogP contribution in [0.15, 0.2) is 18.2 Å². The second-order valence-corrected chi connectivity index (χ2v) is 5.57. The highest BCUT2D eigenvalue weighted by molar-refractivity contribution is 5.38. The summed E-state index contributed by atoms with van der Waals surface area (Å²) in [6, 6.07) is 4.34. The molecule has 1 aliphatic heterocycles. The third kappa shape index (κ3) is 3.68. The van der Waals surface area contributed by atoms with Crippen LogP contribution in [0.1, 0.15) is 18.4 Å². The van der Waals surface area contributed by atoms with Crippen molar-refractivity contribution in [3.63, 3.8) is 0 Å². The quantitative estimate of drug-likeness (QED) is 0.422. The Bertz CT molecular complexity index is 491. The number of hydrogen-bond acceptors (Lipinski definition) is 7. The first-order valence-electron chi connectivity index (χ1n) is 7.25. The van der Waals surface area contributed by atoms with E-state index in [1.165, 1.54) is 12.1 Å². The van der Waals surface area contributed by atoms with Gasteiger partial charge in [0, 0.05) is 6.07 Å². The first-order chi connectivity index (χ1) is 10.4. The van der Waals surface area contributed by atoms with Crippen molar-refractivity contribution in [1.29, 1.82) is 0 Å². The summed E-state index contributed by atoms with van der Waals surface area (Å²) in [5.74, 6) is -0.0241. The maximum Gasteiger partial charge on any atom is 0.122 e. The zero-order valence-electron chi connectivity index (χ0n) is 12.0. The molecule has 0 spiro atoms. The number of benzene rings is 1. The predicted molar refractivity (Wildman–Crippen MR) is 76.5 cm³/mol. The molecule has 124 valence electrons. The van der Waals surface area contributed by atoms with Gasteiger partial charge in [-0.2, -0.15) is 0 Å². The number of rotatable bonds is 5. The van der Waals surface area contributed by atoms with Crippen molar-refractivity contribution in [2.75, 3.05) is 6.61 Å². The fourth-order valence-corrected chi connectivity index (χ4v) is 2.67. The molecule has 1 heterocycles. The molecule has 2 rings (SSSR count). The Balaban J connectivity index is 1.90. The van der Waals surface area contributed by atoms with Gasteiger partial charge in [0.05, 0.1) is 12.7 Å². The molecule has 0 aromatic heterocycles. The van der Waals surface area contributed by atoms with Gasteiger partial charge in [-0.25, -0.2) is 0 Å². The Morgan fingerprint density at radius 2 is 1.64 bits per heavy atom. The first kappa shape index (κ1) is 17.0. The molecule has 1 fully saturated rings. The fourth-order valence-electron chi connectivity index (χ4n) is 2.67. The third-order valence-corrected chi connectivity index (χ3v) is 3.99. The van der Waals surface area contributed by atoms with E-state index in [9.17, 15) is 25.5 Å². The molecular formula is C15H22O7. The summed E-state index contributed by atoms with van der Waals surface area (Å²) in [6.45, 7) is -0.444. The Kier molecular flexibility index (Phi) is 5.60. The summed E-state index contributed by atoms with van der Waals surface area (Å²) >= 11 is 0. The number of aliphatic hydroxyl groups is 4. The average molecular weight is 314 g/mol. The van der Waals surface area contributed by atoms with Crippen LogP contribution in [0.5, 0.6) is 11.5 Å². The van der Waals surface area contributed by atoms with Crippen LogP contribution >= 0.6 is 0 Å². The van der Waals surface area contributed by atoms with E-state index in [0.29, 0.717) is 24.8 Å². The van der Waals surface area contributed by atoms with Crippen LogP contribution in [0.2, 0.25) is 0 Å². The van der Waals surface area contributed by atoms with Gasteiger partial charge in [0.15, 0.2) is 0 Å². The first-order valence-corrected chi connectivity index (χ1v) is 7.25. The van der Waals surface area contributed by atoms with Crippen LogP contribution in [-0.4, -0.2) is 67.8 Å². The van der Waals surface area contributed by atoms with Crippen LogP contribution in [0.4, 0.5) is 0 Å². The summed E-state index contributed by atoms with van der Waals surface area (Å²) in [6.07, 6.45) is -4.09. The maximum atomic E-state index is 9.91. The van der Waals surface area contributed by atoms with Crippen molar-refractivity contribution < 1.29 is 35.4 Å². The minimum atomic E-state index is -1.36. The molecule has 22 heavy (non-hydrogen) atoms. The Labute approximate surface area is 128 Å². The summed E-state index contributed by atoms with van der Waals surface area (Å²) in [4.78, 5) is 0. The van der Waals surface area contributed by atoms with Gasteiger partial charge in [-0.1, -0.05) is 6.07 Å². The summed E-state index contributed by atoms with van der Waals surface area (Å²) in [5.41, 5.74) is 0.655. The number of phenols is 2. The number of aliphatic hydroxyl groups excluding tert-OH is 4. The smallest absolute Gasteiger partial charge is 0.122 e. The van der Waals surface area contributed by atoms with Gasteiger partial charge >= 0.3 is 0 Å². The van der Waals surface area contributed by atoms with Gasteiger partial charge in [-0.3, -0.25) is 0 Å². The number of aryl methyl sites for hydroxylation is 1. The number of aromatic hydroxyl groups is 2. The highest BCUT2D eigenvalue weighted by Crippen LogP contribution is 2.27. The van der Waals surface area contributed by atoms with Crippen molar-refractivity contribution >= 4 is 0 Å². The van der Waals surface area contributed by atoms with E-state index in [-0.39, 0.29) is 11.5 Å². The van der Waals surface area contributed by atoms with E-state index in [2.05, 4.69) is 0 Å². The van der Waals surface area contributed by atoms with Gasteiger partial charge in [0.25, 0.3) is 0 Å². The average Bonchev–Trinajstić information content (AvgIpc) is 2.49.